The second-order valence-corrected chi connectivity index (χ2v) is 10.4. The van der Waals surface area contributed by atoms with Crippen molar-refractivity contribution in [3.8, 4) is 17.2 Å². The van der Waals surface area contributed by atoms with E-state index in [1.165, 1.54) is 16.2 Å². The van der Waals surface area contributed by atoms with Gasteiger partial charge in [-0.1, -0.05) is 43.3 Å². The largest absolute Gasteiger partial charge is 0.507 e. The van der Waals surface area contributed by atoms with Crippen LogP contribution in [-0.2, 0) is 16.1 Å². The summed E-state index contributed by atoms with van der Waals surface area (Å²) in [4.78, 5) is 29.3. The van der Waals surface area contributed by atoms with Gasteiger partial charge in [-0.15, -0.1) is 11.3 Å². The molecule has 2 heterocycles. The molecule has 0 aliphatic carbocycles. The van der Waals surface area contributed by atoms with Crippen LogP contribution in [-0.4, -0.2) is 28.3 Å². The fourth-order valence-electron chi connectivity index (χ4n) is 4.66. The summed E-state index contributed by atoms with van der Waals surface area (Å²) in [6.07, 6.45) is 0.877. The molecule has 1 fully saturated rings. The van der Waals surface area contributed by atoms with Gasteiger partial charge in [0.1, 0.15) is 23.0 Å². The Balaban J connectivity index is 1.58. The number of ketones is 1. The van der Waals surface area contributed by atoms with Crippen molar-refractivity contribution < 1.29 is 24.2 Å². The van der Waals surface area contributed by atoms with Crippen LogP contribution in [0, 0.1) is 6.92 Å². The summed E-state index contributed by atoms with van der Waals surface area (Å²) in [5.41, 5.74) is 2.00. The number of likely N-dealkylation sites (tertiary alicyclic amines) is 1. The van der Waals surface area contributed by atoms with Crippen LogP contribution in [0.2, 0.25) is 0 Å². The van der Waals surface area contributed by atoms with E-state index in [0.717, 1.165) is 16.9 Å². The molecule has 1 aromatic heterocycles. The molecule has 1 atom stereocenters. The number of hydrogen-bond donors (Lipinski definition) is 1. The summed E-state index contributed by atoms with van der Waals surface area (Å²) in [6, 6.07) is 25.0. The Kier molecular flexibility index (Phi) is 7.79. The maximum Gasteiger partial charge on any atom is 0.295 e. The van der Waals surface area contributed by atoms with Gasteiger partial charge in [-0.2, -0.15) is 0 Å². The summed E-state index contributed by atoms with van der Waals surface area (Å²) in [7, 11) is 0. The van der Waals surface area contributed by atoms with E-state index in [0.29, 0.717) is 35.0 Å². The molecule has 1 aliphatic heterocycles. The number of hydrogen-bond acceptors (Lipinski definition) is 6. The number of nitrogens with zero attached hydrogens (tertiary/aromatic N) is 1. The van der Waals surface area contributed by atoms with E-state index in [4.69, 9.17) is 9.47 Å². The molecule has 0 spiro atoms. The monoisotopic (exact) mass is 539 g/mol. The number of thiophene rings is 1. The Morgan fingerprint density at radius 1 is 0.949 bits per heavy atom. The van der Waals surface area contributed by atoms with E-state index < -0.39 is 17.7 Å². The molecule has 1 amide bonds. The van der Waals surface area contributed by atoms with E-state index in [1.807, 2.05) is 86.0 Å². The first-order valence-electron chi connectivity index (χ1n) is 12.8. The molecule has 3 aromatic carbocycles. The number of aryl methyl sites for hydroxylation is 1. The van der Waals surface area contributed by atoms with Gasteiger partial charge in [0, 0.05) is 10.4 Å². The van der Waals surface area contributed by atoms with Crippen molar-refractivity contribution in [2.75, 3.05) is 6.61 Å². The molecule has 7 heteroatoms. The predicted octanol–water partition coefficient (Wildman–Crippen LogP) is 7.26. The number of Topliss-reactive ketones (excluding diaryl/α,β-unsaturated/α-hetero) is 1. The highest BCUT2D eigenvalue weighted by Crippen LogP contribution is 2.42. The third-order valence-electron chi connectivity index (χ3n) is 6.51. The van der Waals surface area contributed by atoms with Crippen molar-refractivity contribution in [2.24, 2.45) is 0 Å². The smallest absolute Gasteiger partial charge is 0.295 e. The Bertz CT molecular complexity index is 1510. The second-order valence-electron chi connectivity index (χ2n) is 9.32. The van der Waals surface area contributed by atoms with Gasteiger partial charge in [-0.3, -0.25) is 9.59 Å². The third-order valence-corrected chi connectivity index (χ3v) is 7.37. The summed E-state index contributed by atoms with van der Waals surface area (Å²) in [5.74, 6) is 0.369. The molecule has 5 rings (SSSR count). The number of ether oxygens (including phenoxy) is 2. The maximum absolute atomic E-state index is 13.5. The van der Waals surface area contributed by atoms with Gasteiger partial charge in [-0.05, 0) is 78.4 Å². The van der Waals surface area contributed by atoms with Gasteiger partial charge in [0.05, 0.1) is 24.8 Å². The Labute approximate surface area is 231 Å². The Hall–Kier alpha value is -4.36. The van der Waals surface area contributed by atoms with Crippen LogP contribution in [0.3, 0.4) is 0 Å². The van der Waals surface area contributed by atoms with Crippen LogP contribution in [0.25, 0.3) is 5.76 Å². The zero-order chi connectivity index (χ0) is 27.4. The molecule has 1 saturated heterocycles. The van der Waals surface area contributed by atoms with E-state index in [1.54, 1.807) is 18.2 Å². The highest BCUT2D eigenvalue weighted by molar-refractivity contribution is 7.09. The number of carbonyl (C=O) groups is 2. The van der Waals surface area contributed by atoms with Crippen LogP contribution in [0.5, 0.6) is 17.2 Å². The van der Waals surface area contributed by atoms with E-state index in [9.17, 15) is 14.7 Å². The topological polar surface area (TPSA) is 76.1 Å². The number of aliphatic hydroxyl groups excluding tert-OH is 1. The molecule has 6 nitrogen and oxygen atoms in total. The van der Waals surface area contributed by atoms with Crippen molar-refractivity contribution in [3.05, 3.63) is 117 Å². The zero-order valence-corrected chi connectivity index (χ0v) is 22.6. The molecule has 0 saturated carbocycles. The zero-order valence-electron chi connectivity index (χ0n) is 21.8. The van der Waals surface area contributed by atoms with Gasteiger partial charge < -0.3 is 19.5 Å². The number of rotatable bonds is 9. The summed E-state index contributed by atoms with van der Waals surface area (Å²) >= 11 is 1.51. The summed E-state index contributed by atoms with van der Waals surface area (Å²) in [6.45, 7) is 4.75. The highest BCUT2D eigenvalue weighted by atomic mass is 32.1. The number of carbonyl (C=O) groups excluding carboxylic acids is 2. The summed E-state index contributed by atoms with van der Waals surface area (Å²) < 4.78 is 11.8. The Morgan fingerprint density at radius 3 is 2.46 bits per heavy atom. The summed E-state index contributed by atoms with van der Waals surface area (Å²) in [5, 5.41) is 13.4. The lowest BCUT2D eigenvalue weighted by Gasteiger charge is -2.25. The molecule has 4 aromatic rings. The second kappa shape index (κ2) is 11.6. The van der Waals surface area contributed by atoms with Gasteiger partial charge >= 0.3 is 0 Å². The average Bonchev–Trinajstić information content (AvgIpc) is 3.55. The molecule has 39 heavy (non-hydrogen) atoms. The SMILES string of the molecule is CCCOc1ccc(/C(O)=C2\C(=O)C(=O)N(Cc3cccs3)C2c2cccc(Oc3ccccc3)c2)cc1C. The molecular weight excluding hydrogens is 510 g/mol. The van der Waals surface area contributed by atoms with Gasteiger partial charge in [-0.25, -0.2) is 0 Å². The van der Waals surface area contributed by atoms with E-state index in [-0.39, 0.29) is 17.9 Å². The van der Waals surface area contributed by atoms with E-state index >= 15 is 0 Å². The third kappa shape index (κ3) is 5.59. The van der Waals surface area contributed by atoms with Crippen LogP contribution in [0.1, 0.15) is 41.0 Å². The highest BCUT2D eigenvalue weighted by Gasteiger charge is 2.46. The minimum atomic E-state index is -0.789. The fourth-order valence-corrected chi connectivity index (χ4v) is 5.36. The quantitative estimate of drug-likeness (QED) is 0.138. The fraction of sp³-hybridized carbons (Fsp3) is 0.188. The standard InChI is InChI=1S/C32H29NO5S/c1-3-16-37-27-15-14-23(18-21(27)2)30(34)28-29(33(32(36)31(28)35)20-26-13-8-17-39-26)22-9-7-12-25(19-22)38-24-10-5-4-6-11-24/h4-15,17-19,29,34H,3,16,20H2,1-2H3/b30-28+. The Morgan fingerprint density at radius 2 is 1.74 bits per heavy atom. The number of para-hydroxylation sites is 1. The average molecular weight is 540 g/mol. The predicted molar refractivity (Wildman–Crippen MR) is 152 cm³/mol. The lowest BCUT2D eigenvalue weighted by molar-refractivity contribution is -0.140. The van der Waals surface area contributed by atoms with Gasteiger partial charge in [0.15, 0.2) is 0 Å². The first-order valence-corrected chi connectivity index (χ1v) is 13.7. The first kappa shape index (κ1) is 26.3. The number of amides is 1. The molecule has 198 valence electrons. The molecule has 0 radical (unpaired) electrons. The lowest BCUT2D eigenvalue weighted by Crippen LogP contribution is -2.28. The lowest BCUT2D eigenvalue weighted by atomic mass is 9.94. The van der Waals surface area contributed by atoms with Crippen molar-refractivity contribution >= 4 is 28.8 Å². The molecule has 1 aliphatic rings. The van der Waals surface area contributed by atoms with Crippen LogP contribution in [0.15, 0.2) is 95.9 Å². The molecular formula is C32H29NO5S. The number of aliphatic hydroxyl groups is 1. The van der Waals surface area contributed by atoms with Crippen LogP contribution >= 0.6 is 11.3 Å². The van der Waals surface area contributed by atoms with Gasteiger partial charge in [0.25, 0.3) is 11.7 Å². The van der Waals surface area contributed by atoms with Crippen molar-refractivity contribution in [1.82, 2.24) is 4.90 Å². The van der Waals surface area contributed by atoms with E-state index in [2.05, 4.69) is 0 Å². The minimum absolute atomic E-state index is 0.0510. The molecule has 1 unspecified atom stereocenters. The molecule has 0 bridgehead atoms. The normalized spacial score (nSPS) is 16.5. The van der Waals surface area contributed by atoms with Crippen molar-refractivity contribution in [1.29, 1.82) is 0 Å². The molecule has 1 N–H and O–H groups in total. The van der Waals surface area contributed by atoms with Crippen molar-refractivity contribution in [3.63, 3.8) is 0 Å². The van der Waals surface area contributed by atoms with Crippen LogP contribution in [0.4, 0.5) is 0 Å². The van der Waals surface area contributed by atoms with Crippen molar-refractivity contribution in [2.45, 2.75) is 32.9 Å². The van der Waals surface area contributed by atoms with Gasteiger partial charge in [0.2, 0.25) is 0 Å². The number of benzene rings is 3. The van der Waals surface area contributed by atoms with Crippen LogP contribution < -0.4 is 9.47 Å². The first-order chi connectivity index (χ1) is 19.0. The minimum Gasteiger partial charge on any atom is -0.507 e. The maximum atomic E-state index is 13.5.